The first kappa shape index (κ1) is 28.8. The molecule has 40 heavy (non-hydrogen) atoms. The molecule has 0 aliphatic carbocycles. The van der Waals surface area contributed by atoms with Crippen molar-refractivity contribution >= 4 is 29.0 Å². The Morgan fingerprint density at radius 1 is 0.950 bits per heavy atom. The fourth-order valence-corrected chi connectivity index (χ4v) is 5.02. The molecule has 1 fully saturated rings. The highest BCUT2D eigenvalue weighted by Gasteiger charge is 2.23. The molecule has 0 saturated carbocycles. The fourth-order valence-electron chi connectivity index (χ4n) is 5.02. The predicted octanol–water partition coefficient (Wildman–Crippen LogP) is 6.32. The number of piperidine rings is 1. The van der Waals surface area contributed by atoms with Gasteiger partial charge in [-0.05, 0) is 67.6 Å². The highest BCUT2D eigenvalue weighted by atomic mass is 16.6. The Bertz CT molecular complexity index is 1310. The van der Waals surface area contributed by atoms with E-state index in [0.717, 1.165) is 43.7 Å². The Morgan fingerprint density at radius 3 is 2.35 bits per heavy atom. The van der Waals surface area contributed by atoms with E-state index in [1.54, 1.807) is 12.1 Å². The second kappa shape index (κ2) is 13.7. The van der Waals surface area contributed by atoms with Gasteiger partial charge in [-0.3, -0.25) is 14.9 Å². The number of benzene rings is 3. The standard InChI is InChI=1S/C31H37N5O4/c1-22(2)30(37)32-26-12-8-11-25(21-26)23-15-18-35(19-16-23)20-17-27(24-9-4-3-5-10-24)33-31(38)34-28-13-6-7-14-29(28)36(39)40/h3-14,21-23,27H,15-20H2,1-2H3,(H,32,37)(H2,33,34,38)/t27-/m0/s1. The van der Waals surface area contributed by atoms with Crippen LogP contribution < -0.4 is 16.0 Å². The second-order valence-corrected chi connectivity index (χ2v) is 10.5. The zero-order valence-corrected chi connectivity index (χ0v) is 23.0. The fraction of sp³-hybridized carbons (Fsp3) is 0.355. The van der Waals surface area contributed by atoms with Crippen LogP contribution in [0, 0.1) is 16.0 Å². The summed E-state index contributed by atoms with van der Waals surface area (Å²) in [5.41, 5.74) is 3.08. The minimum Gasteiger partial charge on any atom is -0.331 e. The lowest BCUT2D eigenvalue weighted by Crippen LogP contribution is -2.38. The number of para-hydroxylation sites is 2. The zero-order valence-electron chi connectivity index (χ0n) is 23.0. The number of hydrogen-bond acceptors (Lipinski definition) is 5. The van der Waals surface area contributed by atoms with Gasteiger partial charge in [0.15, 0.2) is 0 Å². The maximum absolute atomic E-state index is 12.9. The van der Waals surface area contributed by atoms with E-state index in [2.05, 4.69) is 33.0 Å². The van der Waals surface area contributed by atoms with Crippen molar-refractivity contribution in [3.63, 3.8) is 0 Å². The lowest BCUT2D eigenvalue weighted by Gasteiger charge is -2.33. The Hall–Kier alpha value is -4.24. The number of anilines is 2. The van der Waals surface area contributed by atoms with Crippen LogP contribution in [-0.4, -0.2) is 41.4 Å². The number of urea groups is 1. The summed E-state index contributed by atoms with van der Waals surface area (Å²) in [6.07, 6.45) is 2.74. The number of hydrogen-bond donors (Lipinski definition) is 3. The van der Waals surface area contributed by atoms with Gasteiger partial charge in [0.1, 0.15) is 5.69 Å². The summed E-state index contributed by atoms with van der Waals surface area (Å²) in [4.78, 5) is 38.2. The minimum absolute atomic E-state index is 0.0178. The third-order valence-corrected chi connectivity index (χ3v) is 7.33. The smallest absolute Gasteiger partial charge is 0.319 e. The average molecular weight is 544 g/mol. The third-order valence-electron chi connectivity index (χ3n) is 7.33. The van der Waals surface area contributed by atoms with E-state index < -0.39 is 11.0 Å². The van der Waals surface area contributed by atoms with Gasteiger partial charge in [-0.2, -0.15) is 0 Å². The van der Waals surface area contributed by atoms with Gasteiger partial charge in [0.2, 0.25) is 5.91 Å². The van der Waals surface area contributed by atoms with Crippen molar-refractivity contribution < 1.29 is 14.5 Å². The monoisotopic (exact) mass is 543 g/mol. The van der Waals surface area contributed by atoms with Crippen LogP contribution in [0.15, 0.2) is 78.9 Å². The number of amides is 3. The number of nitrogens with zero attached hydrogens (tertiary/aromatic N) is 2. The van der Waals surface area contributed by atoms with Gasteiger partial charge >= 0.3 is 6.03 Å². The van der Waals surface area contributed by atoms with Crippen molar-refractivity contribution in [1.82, 2.24) is 10.2 Å². The molecule has 210 valence electrons. The molecule has 1 saturated heterocycles. The van der Waals surface area contributed by atoms with Crippen LogP contribution >= 0.6 is 0 Å². The molecule has 9 heteroatoms. The highest BCUT2D eigenvalue weighted by molar-refractivity contribution is 5.92. The van der Waals surface area contributed by atoms with E-state index in [0.29, 0.717) is 12.3 Å². The number of rotatable bonds is 10. The van der Waals surface area contributed by atoms with Crippen LogP contribution in [0.25, 0.3) is 0 Å². The van der Waals surface area contributed by atoms with Gasteiger partial charge in [0.25, 0.3) is 5.69 Å². The zero-order chi connectivity index (χ0) is 28.5. The maximum atomic E-state index is 12.9. The minimum atomic E-state index is -0.508. The normalized spacial score (nSPS) is 14.9. The summed E-state index contributed by atoms with van der Waals surface area (Å²) in [6, 6.07) is 23.3. The number of carbonyl (C=O) groups excluding carboxylic acids is 2. The highest BCUT2D eigenvalue weighted by Crippen LogP contribution is 2.30. The Morgan fingerprint density at radius 2 is 1.65 bits per heavy atom. The van der Waals surface area contributed by atoms with Gasteiger partial charge in [-0.25, -0.2) is 4.79 Å². The first-order chi connectivity index (χ1) is 19.3. The van der Waals surface area contributed by atoms with Crippen LogP contribution in [0.1, 0.15) is 56.2 Å². The van der Waals surface area contributed by atoms with E-state index in [9.17, 15) is 19.7 Å². The van der Waals surface area contributed by atoms with Gasteiger partial charge in [-0.1, -0.05) is 68.4 Å². The van der Waals surface area contributed by atoms with Crippen molar-refractivity contribution in [1.29, 1.82) is 0 Å². The molecule has 0 bridgehead atoms. The number of carbonyl (C=O) groups is 2. The van der Waals surface area contributed by atoms with Crippen molar-refractivity contribution in [3.05, 3.63) is 100 Å². The Kier molecular flexibility index (Phi) is 9.86. The third kappa shape index (κ3) is 7.89. The molecule has 1 aliphatic heterocycles. The molecule has 3 aromatic carbocycles. The van der Waals surface area contributed by atoms with Crippen molar-refractivity contribution in [2.24, 2.45) is 5.92 Å². The molecule has 0 unspecified atom stereocenters. The number of likely N-dealkylation sites (tertiary alicyclic amines) is 1. The van der Waals surface area contributed by atoms with E-state index in [4.69, 9.17) is 0 Å². The average Bonchev–Trinajstić information content (AvgIpc) is 2.96. The summed E-state index contributed by atoms with van der Waals surface area (Å²) >= 11 is 0. The summed E-state index contributed by atoms with van der Waals surface area (Å²) < 4.78 is 0. The molecule has 1 atom stereocenters. The SMILES string of the molecule is CC(C)C(=O)Nc1cccc(C2CCN(CC[C@H](NC(=O)Nc3ccccc3[N+](=O)[O-])c3ccccc3)CC2)c1. The second-order valence-electron chi connectivity index (χ2n) is 10.5. The summed E-state index contributed by atoms with van der Waals surface area (Å²) in [5, 5.41) is 20.0. The van der Waals surface area contributed by atoms with Gasteiger partial charge in [0.05, 0.1) is 11.0 Å². The molecule has 0 aromatic heterocycles. The topological polar surface area (TPSA) is 117 Å². The summed E-state index contributed by atoms with van der Waals surface area (Å²) in [6.45, 7) is 6.46. The summed E-state index contributed by atoms with van der Waals surface area (Å²) in [5.74, 6) is 0.385. The van der Waals surface area contributed by atoms with E-state index in [1.807, 2.05) is 56.3 Å². The van der Waals surface area contributed by atoms with Crippen LogP contribution in [-0.2, 0) is 4.79 Å². The van der Waals surface area contributed by atoms with Crippen molar-refractivity contribution in [2.75, 3.05) is 30.3 Å². The molecular weight excluding hydrogens is 506 g/mol. The largest absolute Gasteiger partial charge is 0.331 e. The Labute approximate surface area is 235 Å². The van der Waals surface area contributed by atoms with E-state index in [-0.39, 0.29) is 29.2 Å². The lowest BCUT2D eigenvalue weighted by molar-refractivity contribution is -0.383. The van der Waals surface area contributed by atoms with Gasteiger partial charge in [-0.15, -0.1) is 0 Å². The van der Waals surface area contributed by atoms with Crippen molar-refractivity contribution in [2.45, 2.75) is 45.1 Å². The molecule has 3 amide bonds. The van der Waals surface area contributed by atoms with Crippen molar-refractivity contribution in [3.8, 4) is 0 Å². The van der Waals surface area contributed by atoms with Crippen LogP contribution in [0.2, 0.25) is 0 Å². The molecule has 0 spiro atoms. The number of nitrogens with one attached hydrogen (secondary N) is 3. The number of nitro groups is 1. The molecule has 1 heterocycles. The first-order valence-corrected chi connectivity index (χ1v) is 13.8. The first-order valence-electron chi connectivity index (χ1n) is 13.8. The molecule has 0 radical (unpaired) electrons. The molecule has 3 N–H and O–H groups in total. The maximum Gasteiger partial charge on any atom is 0.319 e. The lowest BCUT2D eigenvalue weighted by atomic mass is 9.89. The van der Waals surface area contributed by atoms with Gasteiger partial charge in [0, 0.05) is 24.2 Å². The van der Waals surface area contributed by atoms with Crippen LogP contribution in [0.3, 0.4) is 0 Å². The van der Waals surface area contributed by atoms with E-state index >= 15 is 0 Å². The molecule has 1 aliphatic rings. The molecular formula is C31H37N5O4. The molecule has 3 aromatic rings. The predicted molar refractivity (Wildman–Crippen MR) is 157 cm³/mol. The molecule has 4 rings (SSSR count). The van der Waals surface area contributed by atoms with Crippen LogP contribution in [0.5, 0.6) is 0 Å². The molecule has 9 nitrogen and oxygen atoms in total. The Balaban J connectivity index is 1.33. The summed E-state index contributed by atoms with van der Waals surface area (Å²) in [7, 11) is 0. The quantitative estimate of drug-likeness (QED) is 0.204. The number of nitro benzene ring substituents is 1. The van der Waals surface area contributed by atoms with E-state index in [1.165, 1.54) is 17.7 Å². The van der Waals surface area contributed by atoms with Gasteiger partial charge < -0.3 is 20.9 Å². The van der Waals surface area contributed by atoms with Crippen LogP contribution in [0.4, 0.5) is 21.9 Å².